The Bertz CT molecular complexity index is 943. The predicted octanol–water partition coefficient (Wildman–Crippen LogP) is 3.33. The van der Waals surface area contributed by atoms with Crippen LogP contribution in [0.1, 0.15) is 32.1 Å². The van der Waals surface area contributed by atoms with Gasteiger partial charge in [0.05, 0.1) is 17.3 Å². The standard InChI is InChI=1S/C19H24N4O3S3/c24-17(23(15-8-4-5-9-15)16-10-11-29(25,26)13-16)12-27-19-22-21-18(28-19)20-14-6-2-1-3-7-14/h1-3,6-7,15-16H,4-5,8-13H2,(H,20,21)/t16-/m1/s1. The van der Waals surface area contributed by atoms with Gasteiger partial charge in [0, 0.05) is 17.8 Å². The van der Waals surface area contributed by atoms with E-state index in [1.54, 1.807) is 0 Å². The maximum atomic E-state index is 13.1. The fraction of sp³-hybridized carbons (Fsp3) is 0.526. The monoisotopic (exact) mass is 452 g/mol. The average molecular weight is 453 g/mol. The van der Waals surface area contributed by atoms with Crippen molar-refractivity contribution in [3.8, 4) is 0 Å². The molecule has 29 heavy (non-hydrogen) atoms. The largest absolute Gasteiger partial charge is 0.335 e. The number of amides is 1. The highest BCUT2D eigenvalue weighted by Crippen LogP contribution is 2.32. The number of carbonyl (C=O) groups is 1. The van der Waals surface area contributed by atoms with E-state index in [0.717, 1.165) is 35.7 Å². The van der Waals surface area contributed by atoms with Crippen molar-refractivity contribution in [1.29, 1.82) is 0 Å². The van der Waals surface area contributed by atoms with Gasteiger partial charge in [0.1, 0.15) is 0 Å². The number of carbonyl (C=O) groups excluding carboxylic acids is 1. The predicted molar refractivity (Wildman–Crippen MR) is 117 cm³/mol. The molecule has 2 aromatic rings. The molecule has 0 unspecified atom stereocenters. The minimum atomic E-state index is -3.03. The number of hydrogen-bond donors (Lipinski definition) is 1. The zero-order valence-electron chi connectivity index (χ0n) is 16.0. The lowest BCUT2D eigenvalue weighted by Crippen LogP contribution is -2.47. The number of aromatic nitrogens is 2. The van der Waals surface area contributed by atoms with Crippen molar-refractivity contribution >= 4 is 49.7 Å². The Labute approximate surface area is 179 Å². The van der Waals surface area contributed by atoms with Gasteiger partial charge in [0.15, 0.2) is 14.2 Å². The van der Waals surface area contributed by atoms with Crippen LogP contribution in [0.5, 0.6) is 0 Å². The molecule has 1 amide bonds. The van der Waals surface area contributed by atoms with Crippen LogP contribution in [0.2, 0.25) is 0 Å². The molecular weight excluding hydrogens is 428 g/mol. The molecule has 1 atom stereocenters. The van der Waals surface area contributed by atoms with Gasteiger partial charge in [0.25, 0.3) is 0 Å². The summed E-state index contributed by atoms with van der Waals surface area (Å²) in [7, 11) is -3.03. The lowest BCUT2D eigenvalue weighted by molar-refractivity contribution is -0.132. The number of hydrogen-bond acceptors (Lipinski definition) is 8. The molecular formula is C19H24N4O3S3. The quantitative estimate of drug-likeness (QED) is 0.644. The molecule has 156 valence electrons. The molecule has 2 heterocycles. The zero-order chi connectivity index (χ0) is 20.3. The normalized spacial score (nSPS) is 21.3. The molecule has 1 aromatic carbocycles. The van der Waals surface area contributed by atoms with Gasteiger partial charge in [-0.05, 0) is 31.4 Å². The van der Waals surface area contributed by atoms with Gasteiger partial charge < -0.3 is 10.2 Å². The van der Waals surface area contributed by atoms with Crippen molar-refractivity contribution in [3.05, 3.63) is 30.3 Å². The molecule has 0 spiro atoms. The maximum Gasteiger partial charge on any atom is 0.233 e. The summed E-state index contributed by atoms with van der Waals surface area (Å²) < 4.78 is 24.6. The first kappa shape index (κ1) is 20.6. The first-order chi connectivity index (χ1) is 14.0. The van der Waals surface area contributed by atoms with Crippen LogP contribution in [0, 0.1) is 0 Å². The highest BCUT2D eigenvalue weighted by Gasteiger charge is 2.38. The lowest BCUT2D eigenvalue weighted by Gasteiger charge is -2.34. The van der Waals surface area contributed by atoms with E-state index in [2.05, 4.69) is 15.5 Å². The smallest absolute Gasteiger partial charge is 0.233 e. The van der Waals surface area contributed by atoms with Crippen molar-refractivity contribution in [2.45, 2.75) is 48.5 Å². The van der Waals surface area contributed by atoms with Gasteiger partial charge in [-0.25, -0.2) is 8.42 Å². The Morgan fingerprint density at radius 3 is 2.59 bits per heavy atom. The highest BCUT2D eigenvalue weighted by atomic mass is 32.2. The van der Waals surface area contributed by atoms with Crippen LogP contribution in [0.4, 0.5) is 10.8 Å². The second-order valence-electron chi connectivity index (χ2n) is 7.45. The Kier molecular flexibility index (Phi) is 6.41. The first-order valence-corrected chi connectivity index (χ1v) is 13.4. The van der Waals surface area contributed by atoms with Crippen molar-refractivity contribution in [1.82, 2.24) is 15.1 Å². The van der Waals surface area contributed by atoms with E-state index in [1.807, 2.05) is 35.2 Å². The molecule has 7 nitrogen and oxygen atoms in total. The van der Waals surface area contributed by atoms with Crippen molar-refractivity contribution in [2.24, 2.45) is 0 Å². The molecule has 0 radical (unpaired) electrons. The molecule has 1 aliphatic carbocycles. The summed E-state index contributed by atoms with van der Waals surface area (Å²) >= 11 is 2.78. The average Bonchev–Trinajstić information content (AvgIpc) is 3.44. The summed E-state index contributed by atoms with van der Waals surface area (Å²) in [5.74, 6) is 0.556. The minimum absolute atomic E-state index is 0.0109. The molecule has 1 saturated heterocycles. The molecule has 1 aromatic heterocycles. The topological polar surface area (TPSA) is 92.3 Å². The molecule has 0 bridgehead atoms. The number of nitrogens with zero attached hydrogens (tertiary/aromatic N) is 3. The third-order valence-corrected chi connectivity index (χ3v) is 9.07. The van der Waals surface area contributed by atoms with Crippen molar-refractivity contribution in [3.63, 3.8) is 0 Å². The molecule has 10 heteroatoms. The Balaban J connectivity index is 1.38. The van der Waals surface area contributed by atoms with E-state index >= 15 is 0 Å². The van der Waals surface area contributed by atoms with Crippen LogP contribution in [0.3, 0.4) is 0 Å². The molecule has 1 aliphatic heterocycles. The summed E-state index contributed by atoms with van der Waals surface area (Å²) in [6.07, 6.45) is 4.70. The van der Waals surface area contributed by atoms with Crippen LogP contribution in [-0.4, -0.2) is 58.8 Å². The van der Waals surface area contributed by atoms with E-state index < -0.39 is 9.84 Å². The first-order valence-electron chi connectivity index (χ1n) is 9.80. The summed E-state index contributed by atoms with van der Waals surface area (Å²) in [6.45, 7) is 0. The van der Waals surface area contributed by atoms with Crippen LogP contribution in [0.15, 0.2) is 34.7 Å². The Morgan fingerprint density at radius 2 is 1.90 bits per heavy atom. The second-order valence-corrected chi connectivity index (χ2v) is 11.9. The fourth-order valence-electron chi connectivity index (χ4n) is 4.04. The third-order valence-electron chi connectivity index (χ3n) is 5.36. The number of thioether (sulfide) groups is 1. The van der Waals surface area contributed by atoms with E-state index in [0.29, 0.717) is 11.6 Å². The van der Waals surface area contributed by atoms with Gasteiger partial charge >= 0.3 is 0 Å². The number of sulfone groups is 1. The molecule has 2 fully saturated rings. The SMILES string of the molecule is O=C(CSc1nnc(Nc2ccccc2)s1)N(C1CCCC1)[C@@H]1CCS(=O)(=O)C1. The third kappa shape index (κ3) is 5.29. The maximum absolute atomic E-state index is 13.1. The number of para-hydroxylation sites is 1. The van der Waals surface area contributed by atoms with Crippen LogP contribution in [-0.2, 0) is 14.6 Å². The van der Waals surface area contributed by atoms with Crippen molar-refractivity contribution in [2.75, 3.05) is 22.6 Å². The van der Waals surface area contributed by atoms with E-state index in [9.17, 15) is 13.2 Å². The van der Waals surface area contributed by atoms with E-state index in [1.165, 1.54) is 23.1 Å². The number of nitrogens with one attached hydrogen (secondary N) is 1. The van der Waals surface area contributed by atoms with Gasteiger partial charge in [-0.2, -0.15) is 0 Å². The summed E-state index contributed by atoms with van der Waals surface area (Å²) in [4.78, 5) is 14.9. The summed E-state index contributed by atoms with van der Waals surface area (Å²) in [6, 6.07) is 9.73. The van der Waals surface area contributed by atoms with E-state index in [-0.39, 0.29) is 35.2 Å². The number of benzene rings is 1. The van der Waals surface area contributed by atoms with Gasteiger partial charge in [-0.15, -0.1) is 10.2 Å². The second kappa shape index (κ2) is 9.01. The van der Waals surface area contributed by atoms with Gasteiger partial charge in [-0.3, -0.25) is 4.79 Å². The lowest BCUT2D eigenvalue weighted by atomic mass is 10.1. The summed E-state index contributed by atoms with van der Waals surface area (Å²) in [5.41, 5.74) is 0.936. The zero-order valence-corrected chi connectivity index (χ0v) is 18.4. The van der Waals surface area contributed by atoms with Crippen LogP contribution in [0.25, 0.3) is 0 Å². The van der Waals surface area contributed by atoms with Crippen LogP contribution < -0.4 is 5.32 Å². The molecule has 2 aliphatic rings. The molecule has 4 rings (SSSR count). The minimum Gasteiger partial charge on any atom is -0.335 e. The van der Waals surface area contributed by atoms with Crippen LogP contribution >= 0.6 is 23.1 Å². The van der Waals surface area contributed by atoms with Gasteiger partial charge in [-0.1, -0.05) is 54.1 Å². The van der Waals surface area contributed by atoms with Crippen molar-refractivity contribution < 1.29 is 13.2 Å². The number of anilines is 2. The Hall–Kier alpha value is -1.65. The summed E-state index contributed by atoms with van der Waals surface area (Å²) in [5, 5.41) is 12.2. The Morgan fingerprint density at radius 1 is 1.14 bits per heavy atom. The fourth-order valence-corrected chi connectivity index (χ4v) is 7.40. The molecule has 1 N–H and O–H groups in total. The van der Waals surface area contributed by atoms with E-state index in [4.69, 9.17) is 0 Å². The molecule has 1 saturated carbocycles. The number of rotatable bonds is 7. The highest BCUT2D eigenvalue weighted by molar-refractivity contribution is 8.01. The van der Waals surface area contributed by atoms with Gasteiger partial charge in [0.2, 0.25) is 11.0 Å².